The Kier molecular flexibility index (Phi) is 5.04. The number of carbonyl (C=O) groups is 1. The van der Waals surface area contributed by atoms with Crippen LogP contribution < -0.4 is 4.72 Å². The minimum atomic E-state index is -4.10. The first-order valence-electron chi connectivity index (χ1n) is 4.98. The molecule has 1 aromatic carbocycles. The highest BCUT2D eigenvalue weighted by Gasteiger charge is 2.23. The first-order chi connectivity index (χ1) is 8.77. The van der Waals surface area contributed by atoms with Gasteiger partial charge in [0.15, 0.2) is 0 Å². The van der Waals surface area contributed by atoms with E-state index in [2.05, 4.69) is 16.0 Å². The molecule has 0 fully saturated rings. The maximum Gasteiger partial charge on any atom is 0.339 e. The average Bonchev–Trinajstić information content (AvgIpc) is 2.35. The molecular weight excluding hydrogens is 297 g/mol. The normalized spacial score (nSPS) is 11.1. The molecule has 19 heavy (non-hydrogen) atoms. The lowest BCUT2D eigenvalue weighted by atomic mass is 10.2. The maximum atomic E-state index is 13.2. The second kappa shape index (κ2) is 6.14. The van der Waals surface area contributed by atoms with Crippen molar-refractivity contribution < 1.29 is 22.3 Å². The number of methoxy groups -OCH3 is 1. The molecule has 0 aliphatic rings. The topological polar surface area (TPSA) is 72.5 Å². The molecule has 0 unspecified atom stereocenters. The monoisotopic (exact) mass is 307 g/mol. The quantitative estimate of drug-likeness (QED) is 0.839. The van der Waals surface area contributed by atoms with E-state index in [-0.39, 0.29) is 17.1 Å². The van der Waals surface area contributed by atoms with Crippen LogP contribution in [0.15, 0.2) is 34.7 Å². The summed E-state index contributed by atoms with van der Waals surface area (Å²) in [6, 6.07) is 2.72. The number of esters is 1. The Hall–Kier alpha value is -1.44. The van der Waals surface area contributed by atoms with Gasteiger partial charge < -0.3 is 4.74 Å². The summed E-state index contributed by atoms with van der Waals surface area (Å²) in [5, 5.41) is 0.0552. The minimum absolute atomic E-state index is 0.0552. The Bertz CT molecular complexity index is 615. The molecule has 0 saturated carbocycles. The Morgan fingerprint density at radius 3 is 2.68 bits per heavy atom. The van der Waals surface area contributed by atoms with Gasteiger partial charge >= 0.3 is 5.97 Å². The molecular formula is C11H11ClFNO4S. The van der Waals surface area contributed by atoms with Crippen molar-refractivity contribution in [3.63, 3.8) is 0 Å². The van der Waals surface area contributed by atoms with E-state index in [0.717, 1.165) is 25.3 Å². The predicted molar refractivity (Wildman–Crippen MR) is 67.9 cm³/mol. The third kappa shape index (κ3) is 4.02. The molecule has 0 aromatic heterocycles. The zero-order valence-electron chi connectivity index (χ0n) is 9.94. The SMILES string of the molecule is C=C(Cl)CNS(=O)(=O)c1cc(F)ccc1C(=O)OC. The molecule has 1 N–H and O–H groups in total. The van der Waals surface area contributed by atoms with Gasteiger partial charge in [0, 0.05) is 11.6 Å². The Morgan fingerprint density at radius 2 is 2.16 bits per heavy atom. The van der Waals surface area contributed by atoms with Gasteiger partial charge in [0.2, 0.25) is 10.0 Å². The summed E-state index contributed by atoms with van der Waals surface area (Å²) in [5.74, 6) is -1.68. The molecule has 104 valence electrons. The van der Waals surface area contributed by atoms with Crippen LogP contribution in [0, 0.1) is 5.82 Å². The van der Waals surface area contributed by atoms with Crippen molar-refractivity contribution in [2.45, 2.75) is 4.90 Å². The van der Waals surface area contributed by atoms with Gasteiger partial charge in [-0.1, -0.05) is 18.2 Å². The summed E-state index contributed by atoms with van der Waals surface area (Å²) in [5.41, 5.74) is -0.267. The molecule has 1 rings (SSSR count). The summed E-state index contributed by atoms with van der Waals surface area (Å²) in [4.78, 5) is 10.9. The lowest BCUT2D eigenvalue weighted by molar-refractivity contribution is 0.0596. The zero-order valence-corrected chi connectivity index (χ0v) is 11.5. The maximum absolute atomic E-state index is 13.2. The number of ether oxygens (including phenoxy) is 1. The Balaban J connectivity index is 3.27. The van der Waals surface area contributed by atoms with Crippen LogP contribution in [0.4, 0.5) is 4.39 Å². The van der Waals surface area contributed by atoms with Crippen LogP contribution in [0.25, 0.3) is 0 Å². The van der Waals surface area contributed by atoms with Gasteiger partial charge in [0.05, 0.1) is 17.6 Å². The Morgan fingerprint density at radius 1 is 1.53 bits per heavy atom. The summed E-state index contributed by atoms with van der Waals surface area (Å²) in [7, 11) is -3.01. The predicted octanol–water partition coefficient (Wildman–Crippen LogP) is 1.64. The third-order valence-corrected chi connectivity index (χ3v) is 3.67. The van der Waals surface area contributed by atoms with Crippen molar-refractivity contribution in [2.24, 2.45) is 0 Å². The minimum Gasteiger partial charge on any atom is -0.465 e. The van der Waals surface area contributed by atoms with Crippen LogP contribution in [0.2, 0.25) is 0 Å². The molecule has 0 spiro atoms. The van der Waals surface area contributed by atoms with Crippen molar-refractivity contribution >= 4 is 27.6 Å². The molecule has 8 heteroatoms. The number of nitrogens with one attached hydrogen (secondary N) is 1. The van der Waals surface area contributed by atoms with Gasteiger partial charge in [-0.05, 0) is 18.2 Å². The molecule has 0 aliphatic carbocycles. The van der Waals surface area contributed by atoms with Gasteiger partial charge in [-0.3, -0.25) is 0 Å². The molecule has 0 heterocycles. The number of benzene rings is 1. The van der Waals surface area contributed by atoms with Crippen LogP contribution >= 0.6 is 11.6 Å². The first kappa shape index (κ1) is 15.6. The van der Waals surface area contributed by atoms with E-state index in [4.69, 9.17) is 11.6 Å². The number of hydrogen-bond donors (Lipinski definition) is 1. The largest absolute Gasteiger partial charge is 0.465 e. The van der Waals surface area contributed by atoms with Crippen molar-refractivity contribution in [3.05, 3.63) is 41.2 Å². The van der Waals surface area contributed by atoms with E-state index in [1.165, 1.54) is 0 Å². The summed E-state index contributed by atoms with van der Waals surface area (Å²) >= 11 is 5.45. The second-order valence-corrected chi connectivity index (χ2v) is 5.74. The van der Waals surface area contributed by atoms with Crippen LogP contribution in [0.3, 0.4) is 0 Å². The van der Waals surface area contributed by atoms with Crippen molar-refractivity contribution in [1.29, 1.82) is 0 Å². The lowest BCUT2D eigenvalue weighted by Crippen LogP contribution is -2.27. The van der Waals surface area contributed by atoms with E-state index in [9.17, 15) is 17.6 Å². The summed E-state index contributed by atoms with van der Waals surface area (Å²) < 4.78 is 43.6. The molecule has 5 nitrogen and oxygen atoms in total. The van der Waals surface area contributed by atoms with E-state index in [1.807, 2.05) is 0 Å². The van der Waals surface area contributed by atoms with Crippen LogP contribution in [-0.4, -0.2) is 28.0 Å². The van der Waals surface area contributed by atoms with Crippen molar-refractivity contribution in [2.75, 3.05) is 13.7 Å². The smallest absolute Gasteiger partial charge is 0.339 e. The van der Waals surface area contributed by atoms with Gasteiger partial charge in [0.1, 0.15) is 5.82 Å². The number of hydrogen-bond acceptors (Lipinski definition) is 4. The standard InChI is InChI=1S/C11H11ClFNO4S/c1-7(12)6-14-19(16,17)10-5-8(13)3-4-9(10)11(15)18-2/h3-5,14H,1,6H2,2H3. The fourth-order valence-electron chi connectivity index (χ4n) is 1.25. The van der Waals surface area contributed by atoms with Crippen LogP contribution in [0.1, 0.15) is 10.4 Å². The first-order valence-corrected chi connectivity index (χ1v) is 6.85. The molecule has 0 atom stereocenters. The van der Waals surface area contributed by atoms with E-state index < -0.39 is 26.7 Å². The van der Waals surface area contributed by atoms with Gasteiger partial charge in [-0.2, -0.15) is 0 Å². The van der Waals surface area contributed by atoms with Gasteiger partial charge in [-0.25, -0.2) is 22.3 Å². The highest BCUT2D eigenvalue weighted by atomic mass is 35.5. The fraction of sp³-hybridized carbons (Fsp3) is 0.182. The number of rotatable bonds is 5. The summed E-state index contributed by atoms with van der Waals surface area (Å²) in [6.07, 6.45) is 0. The number of halogens is 2. The van der Waals surface area contributed by atoms with Crippen molar-refractivity contribution in [3.8, 4) is 0 Å². The molecule has 0 radical (unpaired) electrons. The molecule has 0 aliphatic heterocycles. The highest BCUT2D eigenvalue weighted by Crippen LogP contribution is 2.18. The van der Waals surface area contributed by atoms with Crippen LogP contribution in [0.5, 0.6) is 0 Å². The van der Waals surface area contributed by atoms with Crippen molar-refractivity contribution in [1.82, 2.24) is 4.72 Å². The summed E-state index contributed by atoms with van der Waals surface area (Å²) in [6.45, 7) is 3.08. The average molecular weight is 308 g/mol. The molecule has 1 aromatic rings. The fourth-order valence-corrected chi connectivity index (χ4v) is 2.62. The molecule has 0 saturated heterocycles. The zero-order chi connectivity index (χ0) is 14.6. The number of carbonyl (C=O) groups excluding carboxylic acids is 1. The van der Waals surface area contributed by atoms with E-state index in [0.29, 0.717) is 0 Å². The molecule has 0 amide bonds. The van der Waals surface area contributed by atoms with E-state index in [1.54, 1.807) is 0 Å². The second-order valence-electron chi connectivity index (χ2n) is 3.47. The van der Waals surface area contributed by atoms with Gasteiger partial charge in [0.25, 0.3) is 0 Å². The Labute approximate surface area is 115 Å². The molecule has 0 bridgehead atoms. The van der Waals surface area contributed by atoms with Gasteiger partial charge in [-0.15, -0.1) is 0 Å². The van der Waals surface area contributed by atoms with E-state index >= 15 is 0 Å². The van der Waals surface area contributed by atoms with Crippen LogP contribution in [-0.2, 0) is 14.8 Å². The third-order valence-electron chi connectivity index (χ3n) is 2.09. The highest BCUT2D eigenvalue weighted by molar-refractivity contribution is 7.89. The lowest BCUT2D eigenvalue weighted by Gasteiger charge is -2.10. The number of sulfonamides is 1.